The van der Waals surface area contributed by atoms with E-state index >= 15 is 0 Å². The minimum absolute atomic E-state index is 0.347. The fraction of sp³-hybridized carbons (Fsp3) is 0.538. The summed E-state index contributed by atoms with van der Waals surface area (Å²) in [6.07, 6.45) is -0.628. The zero-order valence-corrected chi connectivity index (χ0v) is 10.2. The van der Waals surface area contributed by atoms with Crippen LogP contribution >= 0.6 is 0 Å². The fourth-order valence-corrected chi connectivity index (χ4v) is 2.01. The fourth-order valence-electron chi connectivity index (χ4n) is 2.01. The van der Waals surface area contributed by atoms with Crippen LogP contribution < -0.4 is 0 Å². The van der Waals surface area contributed by atoms with Crippen molar-refractivity contribution in [2.24, 2.45) is 0 Å². The molecule has 0 fully saturated rings. The van der Waals surface area contributed by atoms with E-state index in [9.17, 15) is 9.50 Å². The second kappa shape index (κ2) is 5.41. The van der Waals surface area contributed by atoms with Crippen molar-refractivity contribution < 1.29 is 14.2 Å². The maximum Gasteiger partial charge on any atom is 0.129 e. The summed E-state index contributed by atoms with van der Waals surface area (Å²) in [7, 11) is 1.53. The molecule has 1 aromatic carbocycles. The highest BCUT2D eigenvalue weighted by Gasteiger charge is 2.23. The van der Waals surface area contributed by atoms with Crippen LogP contribution in [0.5, 0.6) is 0 Å². The monoisotopic (exact) mass is 226 g/mol. The van der Waals surface area contributed by atoms with Crippen molar-refractivity contribution in [2.45, 2.75) is 39.4 Å². The van der Waals surface area contributed by atoms with Crippen LogP contribution in [0.1, 0.15) is 36.1 Å². The summed E-state index contributed by atoms with van der Waals surface area (Å²) < 4.78 is 18.9. The smallest absolute Gasteiger partial charge is 0.129 e. The van der Waals surface area contributed by atoms with Crippen LogP contribution in [0.15, 0.2) is 12.1 Å². The van der Waals surface area contributed by atoms with Crippen molar-refractivity contribution in [2.75, 3.05) is 7.11 Å². The number of halogens is 1. The predicted octanol–water partition coefficient (Wildman–Crippen LogP) is 2.90. The molecule has 0 aliphatic heterocycles. The topological polar surface area (TPSA) is 29.5 Å². The van der Waals surface area contributed by atoms with Gasteiger partial charge in [0.15, 0.2) is 0 Å². The molecule has 1 aromatic rings. The molecule has 0 heterocycles. The summed E-state index contributed by atoms with van der Waals surface area (Å²) >= 11 is 0. The van der Waals surface area contributed by atoms with E-state index in [1.54, 1.807) is 6.92 Å². The molecule has 0 radical (unpaired) electrons. The third-order valence-electron chi connectivity index (χ3n) is 2.83. The standard InChI is InChI=1S/C13H19FO2/c1-5-11(16-4)13(15)12-9(3)6-8(2)7-10(12)14/h6-7,11,13,15H,5H2,1-4H3. The lowest BCUT2D eigenvalue weighted by molar-refractivity contribution is -0.0167. The molecular weight excluding hydrogens is 207 g/mol. The number of rotatable bonds is 4. The lowest BCUT2D eigenvalue weighted by Gasteiger charge is -2.22. The summed E-state index contributed by atoms with van der Waals surface area (Å²) in [5.74, 6) is -0.361. The van der Waals surface area contributed by atoms with Crippen LogP contribution in [0.4, 0.5) is 4.39 Å². The van der Waals surface area contributed by atoms with Crippen LogP contribution in [0, 0.1) is 19.7 Å². The maximum atomic E-state index is 13.8. The van der Waals surface area contributed by atoms with Crippen molar-refractivity contribution in [3.63, 3.8) is 0 Å². The van der Waals surface area contributed by atoms with Crippen molar-refractivity contribution in [3.05, 3.63) is 34.6 Å². The summed E-state index contributed by atoms with van der Waals surface area (Å²) in [6.45, 7) is 5.54. The van der Waals surface area contributed by atoms with Gasteiger partial charge in [0.2, 0.25) is 0 Å². The van der Waals surface area contributed by atoms with Crippen molar-refractivity contribution >= 4 is 0 Å². The van der Waals surface area contributed by atoms with E-state index in [0.717, 1.165) is 11.1 Å². The highest BCUT2D eigenvalue weighted by Crippen LogP contribution is 2.27. The van der Waals surface area contributed by atoms with Crippen molar-refractivity contribution in [1.82, 2.24) is 0 Å². The van der Waals surface area contributed by atoms with Crippen LogP contribution in [0.3, 0.4) is 0 Å². The molecule has 2 nitrogen and oxygen atoms in total. The van der Waals surface area contributed by atoms with E-state index in [2.05, 4.69) is 0 Å². The average Bonchev–Trinajstić information content (AvgIpc) is 2.17. The van der Waals surface area contributed by atoms with Crippen LogP contribution in [0.2, 0.25) is 0 Å². The highest BCUT2D eigenvalue weighted by atomic mass is 19.1. The molecule has 2 atom stereocenters. The van der Waals surface area contributed by atoms with E-state index in [1.165, 1.54) is 13.2 Å². The Morgan fingerprint density at radius 3 is 2.44 bits per heavy atom. The Morgan fingerprint density at radius 1 is 1.38 bits per heavy atom. The summed E-state index contributed by atoms with van der Waals surface area (Å²) in [4.78, 5) is 0. The third kappa shape index (κ3) is 2.60. The quantitative estimate of drug-likeness (QED) is 0.855. The molecule has 90 valence electrons. The Kier molecular flexibility index (Phi) is 4.44. The van der Waals surface area contributed by atoms with E-state index in [4.69, 9.17) is 4.74 Å². The van der Waals surface area contributed by atoms with E-state index < -0.39 is 6.10 Å². The van der Waals surface area contributed by atoms with Gasteiger partial charge in [-0.15, -0.1) is 0 Å². The first-order chi connectivity index (χ1) is 7.51. The molecule has 1 N–H and O–H groups in total. The highest BCUT2D eigenvalue weighted by molar-refractivity contribution is 5.34. The average molecular weight is 226 g/mol. The number of ether oxygens (including phenoxy) is 1. The van der Waals surface area contributed by atoms with E-state index in [1.807, 2.05) is 19.9 Å². The Labute approximate surface area is 96.1 Å². The number of hydrogen-bond donors (Lipinski definition) is 1. The largest absolute Gasteiger partial charge is 0.386 e. The number of hydrogen-bond acceptors (Lipinski definition) is 2. The minimum Gasteiger partial charge on any atom is -0.386 e. The van der Waals surface area contributed by atoms with Crippen LogP contribution in [-0.2, 0) is 4.74 Å². The number of aryl methyl sites for hydroxylation is 2. The lowest BCUT2D eigenvalue weighted by Crippen LogP contribution is -2.21. The Balaban J connectivity index is 3.12. The molecule has 0 saturated heterocycles. The second-order valence-corrected chi connectivity index (χ2v) is 4.10. The molecule has 0 amide bonds. The molecular formula is C13H19FO2. The maximum absolute atomic E-state index is 13.8. The molecule has 3 heteroatoms. The van der Waals surface area contributed by atoms with Gasteiger partial charge in [0, 0.05) is 12.7 Å². The van der Waals surface area contributed by atoms with Gasteiger partial charge in [0.05, 0.1) is 6.10 Å². The van der Waals surface area contributed by atoms with Gasteiger partial charge >= 0.3 is 0 Å². The lowest BCUT2D eigenvalue weighted by atomic mass is 9.96. The molecule has 0 spiro atoms. The molecule has 1 rings (SSSR count). The van der Waals surface area contributed by atoms with Gasteiger partial charge in [-0.3, -0.25) is 0 Å². The Morgan fingerprint density at radius 2 is 2.00 bits per heavy atom. The minimum atomic E-state index is -0.907. The van der Waals surface area contributed by atoms with Crippen molar-refractivity contribution in [1.29, 1.82) is 0 Å². The third-order valence-corrected chi connectivity index (χ3v) is 2.83. The zero-order chi connectivity index (χ0) is 12.3. The molecule has 16 heavy (non-hydrogen) atoms. The molecule has 0 aromatic heterocycles. The van der Waals surface area contributed by atoms with Gasteiger partial charge in [0.25, 0.3) is 0 Å². The van der Waals surface area contributed by atoms with Gasteiger partial charge in [-0.2, -0.15) is 0 Å². The number of aliphatic hydroxyl groups excluding tert-OH is 1. The molecule has 0 bridgehead atoms. The molecule has 0 saturated carbocycles. The zero-order valence-electron chi connectivity index (χ0n) is 10.2. The second-order valence-electron chi connectivity index (χ2n) is 4.10. The van der Waals surface area contributed by atoms with Crippen LogP contribution in [-0.4, -0.2) is 18.3 Å². The normalized spacial score (nSPS) is 14.9. The van der Waals surface area contributed by atoms with E-state index in [-0.39, 0.29) is 11.9 Å². The molecule has 2 unspecified atom stereocenters. The Hall–Kier alpha value is -0.930. The van der Waals surface area contributed by atoms with Gasteiger partial charge in [0.1, 0.15) is 11.9 Å². The number of benzene rings is 1. The molecule has 0 aliphatic carbocycles. The van der Waals surface area contributed by atoms with Gasteiger partial charge in [-0.25, -0.2) is 4.39 Å². The number of aliphatic hydroxyl groups is 1. The Bertz CT molecular complexity index is 336. The first-order valence-electron chi connectivity index (χ1n) is 5.48. The van der Waals surface area contributed by atoms with Gasteiger partial charge in [-0.05, 0) is 37.5 Å². The van der Waals surface area contributed by atoms with Crippen molar-refractivity contribution in [3.8, 4) is 0 Å². The summed E-state index contributed by atoms with van der Waals surface area (Å²) in [5.41, 5.74) is 1.97. The summed E-state index contributed by atoms with van der Waals surface area (Å²) in [6, 6.07) is 3.30. The first-order valence-corrected chi connectivity index (χ1v) is 5.48. The van der Waals surface area contributed by atoms with Gasteiger partial charge < -0.3 is 9.84 Å². The summed E-state index contributed by atoms with van der Waals surface area (Å²) in [5, 5.41) is 10.1. The first kappa shape index (κ1) is 13.1. The van der Waals surface area contributed by atoms with E-state index in [0.29, 0.717) is 12.0 Å². The predicted molar refractivity (Wildman–Crippen MR) is 61.9 cm³/mol. The SMILES string of the molecule is CCC(OC)C(O)c1c(C)cc(C)cc1F. The number of methoxy groups -OCH3 is 1. The van der Waals surface area contributed by atoms with Gasteiger partial charge in [-0.1, -0.05) is 13.0 Å². The van der Waals surface area contributed by atoms with Crippen LogP contribution in [0.25, 0.3) is 0 Å². The molecule has 0 aliphatic rings.